The summed E-state index contributed by atoms with van der Waals surface area (Å²) in [4.78, 5) is 6.43. The van der Waals surface area contributed by atoms with Crippen LogP contribution in [0.2, 0.25) is 0 Å². The molecule has 0 amide bonds. The van der Waals surface area contributed by atoms with E-state index in [0.717, 1.165) is 40.9 Å². The third kappa shape index (κ3) is 3.60. The van der Waals surface area contributed by atoms with Crippen LogP contribution in [0, 0.1) is 6.92 Å². The van der Waals surface area contributed by atoms with Crippen molar-refractivity contribution >= 4 is 17.2 Å². The van der Waals surface area contributed by atoms with E-state index in [2.05, 4.69) is 31.7 Å². The van der Waals surface area contributed by atoms with Crippen LogP contribution < -0.4 is 5.32 Å². The topological polar surface area (TPSA) is 70.2 Å². The summed E-state index contributed by atoms with van der Waals surface area (Å²) in [6, 6.07) is 7.81. The Labute approximate surface area is 163 Å². The Morgan fingerprint density at radius 2 is 2.14 bits per heavy atom. The largest absolute Gasteiger partial charge is 0.347 e. The molecule has 3 aromatic rings. The minimum atomic E-state index is -0.931. The molecule has 8 heteroatoms. The SMILES string of the molecule is CN=Nc1ccc(-c2ccn3nc(NC4CCN(C)CC4F)ncc23)cc1C. The van der Waals surface area contributed by atoms with Crippen molar-refractivity contribution in [2.45, 2.75) is 25.6 Å². The molecule has 1 N–H and O–H groups in total. The average Bonchev–Trinajstić information content (AvgIpc) is 3.09. The maximum absolute atomic E-state index is 14.3. The van der Waals surface area contributed by atoms with E-state index < -0.39 is 6.17 Å². The number of aryl methyl sites for hydroxylation is 1. The molecular weight excluding hydrogens is 357 g/mol. The molecule has 1 aromatic carbocycles. The molecule has 2 atom stereocenters. The van der Waals surface area contributed by atoms with E-state index in [9.17, 15) is 4.39 Å². The molecule has 1 fully saturated rings. The average molecular weight is 381 g/mol. The highest BCUT2D eigenvalue weighted by Gasteiger charge is 2.28. The number of nitrogens with zero attached hydrogens (tertiary/aromatic N) is 6. The van der Waals surface area contributed by atoms with Gasteiger partial charge < -0.3 is 10.2 Å². The predicted octanol–water partition coefficient (Wildman–Crippen LogP) is 3.87. The number of alkyl halides is 1. The lowest BCUT2D eigenvalue weighted by Gasteiger charge is -2.32. The van der Waals surface area contributed by atoms with Crippen LogP contribution in [-0.4, -0.2) is 58.9 Å². The first-order chi connectivity index (χ1) is 13.5. The van der Waals surface area contributed by atoms with Crippen LogP contribution in [-0.2, 0) is 0 Å². The van der Waals surface area contributed by atoms with Gasteiger partial charge in [0.25, 0.3) is 0 Å². The van der Waals surface area contributed by atoms with Crippen molar-refractivity contribution in [1.82, 2.24) is 19.5 Å². The third-order valence-electron chi connectivity index (χ3n) is 5.19. The molecule has 7 nitrogen and oxygen atoms in total. The van der Waals surface area contributed by atoms with Crippen LogP contribution in [0.5, 0.6) is 0 Å². The molecule has 4 rings (SSSR count). The van der Waals surface area contributed by atoms with Crippen molar-refractivity contribution < 1.29 is 4.39 Å². The Morgan fingerprint density at radius 1 is 1.29 bits per heavy atom. The summed E-state index contributed by atoms with van der Waals surface area (Å²) >= 11 is 0. The van der Waals surface area contributed by atoms with E-state index in [1.807, 2.05) is 43.3 Å². The number of halogens is 1. The fourth-order valence-corrected chi connectivity index (χ4v) is 3.64. The molecule has 0 spiro atoms. The van der Waals surface area contributed by atoms with Crippen LogP contribution in [0.4, 0.5) is 16.0 Å². The molecule has 0 aliphatic carbocycles. The molecule has 3 heterocycles. The van der Waals surface area contributed by atoms with Crippen LogP contribution in [0.3, 0.4) is 0 Å². The summed E-state index contributed by atoms with van der Waals surface area (Å²) in [5.74, 6) is 0.446. The van der Waals surface area contributed by atoms with Crippen molar-refractivity contribution in [2.75, 3.05) is 32.5 Å². The number of rotatable bonds is 4. The first-order valence-electron chi connectivity index (χ1n) is 9.39. The lowest BCUT2D eigenvalue weighted by atomic mass is 10.0. The van der Waals surface area contributed by atoms with Gasteiger partial charge in [0.05, 0.1) is 23.4 Å². The summed E-state index contributed by atoms with van der Waals surface area (Å²) in [5, 5.41) is 15.6. The van der Waals surface area contributed by atoms with Gasteiger partial charge in [-0.25, -0.2) is 13.9 Å². The van der Waals surface area contributed by atoms with Gasteiger partial charge in [0.2, 0.25) is 5.95 Å². The number of benzene rings is 1. The van der Waals surface area contributed by atoms with Gasteiger partial charge >= 0.3 is 0 Å². The summed E-state index contributed by atoms with van der Waals surface area (Å²) in [7, 11) is 3.60. The van der Waals surface area contributed by atoms with E-state index in [4.69, 9.17) is 0 Å². The Morgan fingerprint density at radius 3 is 2.89 bits per heavy atom. The molecule has 0 bridgehead atoms. The third-order valence-corrected chi connectivity index (χ3v) is 5.19. The molecule has 0 saturated carbocycles. The van der Waals surface area contributed by atoms with E-state index >= 15 is 0 Å². The van der Waals surface area contributed by atoms with E-state index in [-0.39, 0.29) is 6.04 Å². The number of nitrogens with one attached hydrogen (secondary N) is 1. The van der Waals surface area contributed by atoms with Crippen LogP contribution in [0.1, 0.15) is 12.0 Å². The Kier molecular flexibility index (Phi) is 5.04. The van der Waals surface area contributed by atoms with Gasteiger partial charge in [-0.2, -0.15) is 10.2 Å². The van der Waals surface area contributed by atoms with Crippen molar-refractivity contribution in [1.29, 1.82) is 0 Å². The Hall–Kier alpha value is -2.87. The number of hydrogen-bond donors (Lipinski definition) is 1. The zero-order valence-corrected chi connectivity index (χ0v) is 16.3. The zero-order valence-electron chi connectivity index (χ0n) is 16.3. The molecule has 1 aliphatic rings. The smallest absolute Gasteiger partial charge is 0.241 e. The van der Waals surface area contributed by atoms with Gasteiger partial charge in [-0.1, -0.05) is 6.07 Å². The van der Waals surface area contributed by atoms with Crippen molar-refractivity contribution in [3.63, 3.8) is 0 Å². The second-order valence-electron chi connectivity index (χ2n) is 7.26. The highest BCUT2D eigenvalue weighted by molar-refractivity contribution is 5.81. The molecule has 1 saturated heterocycles. The summed E-state index contributed by atoms with van der Waals surface area (Å²) < 4.78 is 16.0. The lowest BCUT2D eigenvalue weighted by molar-refractivity contribution is 0.149. The molecule has 1 aliphatic heterocycles. The molecular formula is C20H24FN7. The molecule has 28 heavy (non-hydrogen) atoms. The fraction of sp³-hybridized carbons (Fsp3) is 0.400. The number of anilines is 1. The Balaban J connectivity index is 1.59. The van der Waals surface area contributed by atoms with E-state index in [0.29, 0.717) is 12.5 Å². The summed E-state index contributed by atoms with van der Waals surface area (Å²) in [5.41, 5.74) is 4.92. The second kappa shape index (κ2) is 7.63. The van der Waals surface area contributed by atoms with Gasteiger partial charge in [0.15, 0.2) is 0 Å². The molecule has 0 radical (unpaired) electrons. The van der Waals surface area contributed by atoms with Gasteiger partial charge in [-0.3, -0.25) is 0 Å². The molecule has 2 unspecified atom stereocenters. The lowest BCUT2D eigenvalue weighted by Crippen LogP contribution is -2.46. The monoisotopic (exact) mass is 381 g/mol. The standard InChI is InChI=1S/C20H24FN7/c1-13-10-14(4-5-17(13)25-22-2)15-6-9-28-19(15)11-23-20(26-28)24-18-7-8-27(3)12-16(18)21/h4-6,9-11,16,18H,7-8,12H2,1-3H3,(H,24,26). The van der Waals surface area contributed by atoms with Gasteiger partial charge in [-0.15, -0.1) is 5.10 Å². The number of azo groups is 1. The normalized spacial score (nSPS) is 20.9. The first-order valence-corrected chi connectivity index (χ1v) is 9.39. The minimum Gasteiger partial charge on any atom is -0.347 e. The van der Waals surface area contributed by atoms with Crippen molar-refractivity contribution in [3.05, 3.63) is 42.2 Å². The zero-order chi connectivity index (χ0) is 19.7. The fourth-order valence-electron chi connectivity index (χ4n) is 3.64. The molecule has 146 valence electrons. The van der Waals surface area contributed by atoms with Crippen LogP contribution in [0.25, 0.3) is 16.6 Å². The van der Waals surface area contributed by atoms with Gasteiger partial charge in [0, 0.05) is 31.9 Å². The predicted molar refractivity (Wildman–Crippen MR) is 108 cm³/mol. The minimum absolute atomic E-state index is 0.258. The van der Waals surface area contributed by atoms with E-state index in [1.54, 1.807) is 17.8 Å². The number of piperidine rings is 1. The summed E-state index contributed by atoms with van der Waals surface area (Å²) in [6.07, 6.45) is 3.48. The van der Waals surface area contributed by atoms with Gasteiger partial charge in [-0.05, 0) is 49.7 Å². The van der Waals surface area contributed by atoms with Gasteiger partial charge in [0.1, 0.15) is 6.17 Å². The summed E-state index contributed by atoms with van der Waals surface area (Å²) in [6.45, 7) is 3.31. The maximum atomic E-state index is 14.3. The molecule has 2 aromatic heterocycles. The maximum Gasteiger partial charge on any atom is 0.241 e. The number of likely N-dealkylation sites (tertiary alicyclic amines) is 1. The van der Waals surface area contributed by atoms with Crippen LogP contribution >= 0.6 is 0 Å². The van der Waals surface area contributed by atoms with Crippen molar-refractivity contribution in [3.8, 4) is 11.1 Å². The number of aromatic nitrogens is 3. The second-order valence-corrected chi connectivity index (χ2v) is 7.26. The highest BCUT2D eigenvalue weighted by atomic mass is 19.1. The van der Waals surface area contributed by atoms with Crippen LogP contribution in [0.15, 0.2) is 46.9 Å². The quantitative estimate of drug-likeness (QED) is 0.697. The van der Waals surface area contributed by atoms with Crippen molar-refractivity contribution in [2.24, 2.45) is 10.2 Å². The van der Waals surface area contributed by atoms with E-state index in [1.165, 1.54) is 0 Å². The Bertz CT molecular complexity index is 1010. The highest BCUT2D eigenvalue weighted by Crippen LogP contribution is 2.30. The number of fused-ring (bicyclic) bond motifs is 1. The number of hydrogen-bond acceptors (Lipinski definition) is 6. The first kappa shape index (κ1) is 18.5.